The van der Waals surface area contributed by atoms with Crippen LogP contribution in [-0.4, -0.2) is 17.5 Å². The predicted octanol–water partition coefficient (Wildman–Crippen LogP) is 3.47. The van der Waals surface area contributed by atoms with Gasteiger partial charge in [-0.3, -0.25) is 4.90 Å². The van der Waals surface area contributed by atoms with Crippen LogP contribution in [0.3, 0.4) is 0 Å². The second-order valence-corrected chi connectivity index (χ2v) is 5.21. The molecule has 4 heteroatoms. The fourth-order valence-electron chi connectivity index (χ4n) is 2.20. The smallest absolute Gasteiger partial charge is 0.137 e. The van der Waals surface area contributed by atoms with Gasteiger partial charge in [0.1, 0.15) is 5.82 Å². The highest BCUT2D eigenvalue weighted by molar-refractivity contribution is 9.10. The van der Waals surface area contributed by atoms with Crippen LogP contribution in [0.1, 0.15) is 24.8 Å². The van der Waals surface area contributed by atoms with Gasteiger partial charge in [0.25, 0.3) is 0 Å². The van der Waals surface area contributed by atoms with Crippen LogP contribution >= 0.6 is 15.9 Å². The van der Waals surface area contributed by atoms with E-state index in [0.29, 0.717) is 4.47 Å². The molecule has 1 aliphatic heterocycles. The van der Waals surface area contributed by atoms with E-state index in [1.165, 1.54) is 6.07 Å². The van der Waals surface area contributed by atoms with Gasteiger partial charge in [-0.25, -0.2) is 4.39 Å². The molecule has 1 aromatic rings. The first-order valence-electron chi connectivity index (χ1n) is 5.78. The van der Waals surface area contributed by atoms with E-state index in [-0.39, 0.29) is 11.9 Å². The summed E-state index contributed by atoms with van der Waals surface area (Å²) in [4.78, 5) is 2.17. The molecule has 17 heavy (non-hydrogen) atoms. The van der Waals surface area contributed by atoms with E-state index in [1.54, 1.807) is 12.1 Å². The number of nitriles is 1. The number of piperidine rings is 1. The average Bonchev–Trinajstić information content (AvgIpc) is 2.34. The summed E-state index contributed by atoms with van der Waals surface area (Å²) in [6, 6.07) is 7.38. The molecule has 0 aromatic heterocycles. The third kappa shape index (κ3) is 3.05. The van der Waals surface area contributed by atoms with Gasteiger partial charge in [0.2, 0.25) is 0 Å². The van der Waals surface area contributed by atoms with Gasteiger partial charge in [0, 0.05) is 6.54 Å². The molecule has 1 aromatic carbocycles. The third-order valence-corrected chi connectivity index (χ3v) is 3.74. The summed E-state index contributed by atoms with van der Waals surface area (Å²) in [6.07, 6.45) is 3.21. The molecular weight excluding hydrogens is 283 g/mol. The maximum absolute atomic E-state index is 13.1. The van der Waals surface area contributed by atoms with Crippen molar-refractivity contribution >= 4 is 15.9 Å². The molecule has 1 saturated heterocycles. The lowest BCUT2D eigenvalue weighted by atomic mass is 10.0. The molecule has 0 amide bonds. The molecule has 0 N–H and O–H groups in total. The number of halogens is 2. The van der Waals surface area contributed by atoms with Crippen molar-refractivity contribution in [2.24, 2.45) is 0 Å². The molecule has 2 nitrogen and oxygen atoms in total. The Bertz CT molecular complexity index is 442. The first-order chi connectivity index (χ1) is 8.20. The monoisotopic (exact) mass is 296 g/mol. The third-order valence-electron chi connectivity index (χ3n) is 3.13. The van der Waals surface area contributed by atoms with Crippen molar-refractivity contribution in [2.45, 2.75) is 31.8 Å². The van der Waals surface area contributed by atoms with Crippen LogP contribution in [0.25, 0.3) is 0 Å². The average molecular weight is 297 g/mol. The van der Waals surface area contributed by atoms with Crippen molar-refractivity contribution in [2.75, 3.05) is 6.54 Å². The second kappa shape index (κ2) is 5.61. The van der Waals surface area contributed by atoms with E-state index < -0.39 is 0 Å². The van der Waals surface area contributed by atoms with Gasteiger partial charge >= 0.3 is 0 Å². The largest absolute Gasteiger partial charge is 0.284 e. The summed E-state index contributed by atoms with van der Waals surface area (Å²) in [5.74, 6) is -0.246. The standard InChI is InChI=1S/C13H14BrFN2/c14-12-7-10(4-5-13(12)15)9-17-6-2-1-3-11(17)8-16/h4-5,7,11H,1-3,6,9H2. The Morgan fingerprint density at radius 1 is 1.47 bits per heavy atom. The van der Waals surface area contributed by atoms with Crippen LogP contribution in [0, 0.1) is 17.1 Å². The van der Waals surface area contributed by atoms with Crippen LogP contribution in [0.2, 0.25) is 0 Å². The highest BCUT2D eigenvalue weighted by Gasteiger charge is 2.21. The summed E-state index contributed by atoms with van der Waals surface area (Å²) >= 11 is 3.18. The molecule has 0 radical (unpaired) electrons. The maximum Gasteiger partial charge on any atom is 0.137 e. The minimum atomic E-state index is -0.246. The van der Waals surface area contributed by atoms with Crippen molar-refractivity contribution in [1.82, 2.24) is 4.90 Å². The first-order valence-corrected chi connectivity index (χ1v) is 6.57. The van der Waals surface area contributed by atoms with Gasteiger partial charge in [0.05, 0.1) is 16.6 Å². The van der Waals surface area contributed by atoms with E-state index in [9.17, 15) is 4.39 Å². The van der Waals surface area contributed by atoms with Crippen LogP contribution in [-0.2, 0) is 6.54 Å². The fraction of sp³-hybridized carbons (Fsp3) is 0.462. The van der Waals surface area contributed by atoms with E-state index in [4.69, 9.17) is 5.26 Å². The molecule has 1 fully saturated rings. The Labute approximate surface area is 109 Å². The summed E-state index contributed by atoms with van der Waals surface area (Å²) in [5, 5.41) is 9.08. The minimum Gasteiger partial charge on any atom is -0.284 e. The molecule has 0 saturated carbocycles. The lowest BCUT2D eigenvalue weighted by molar-refractivity contribution is 0.176. The van der Waals surface area contributed by atoms with E-state index in [0.717, 1.165) is 37.9 Å². The van der Waals surface area contributed by atoms with Gasteiger partial charge in [-0.05, 0) is 59.4 Å². The van der Waals surface area contributed by atoms with Gasteiger partial charge < -0.3 is 0 Å². The van der Waals surface area contributed by atoms with Crippen LogP contribution in [0.5, 0.6) is 0 Å². The number of nitrogens with zero attached hydrogens (tertiary/aromatic N) is 2. The number of benzene rings is 1. The molecule has 1 unspecified atom stereocenters. The van der Waals surface area contributed by atoms with Gasteiger partial charge in [-0.15, -0.1) is 0 Å². The Hall–Kier alpha value is -0.920. The highest BCUT2D eigenvalue weighted by Crippen LogP contribution is 2.22. The van der Waals surface area contributed by atoms with Gasteiger partial charge in [-0.2, -0.15) is 5.26 Å². The molecule has 0 spiro atoms. The van der Waals surface area contributed by atoms with Gasteiger partial charge in [0.15, 0.2) is 0 Å². The second-order valence-electron chi connectivity index (χ2n) is 4.36. The maximum atomic E-state index is 13.1. The summed E-state index contributed by atoms with van der Waals surface area (Å²) < 4.78 is 13.6. The molecule has 0 bridgehead atoms. The predicted molar refractivity (Wildman–Crippen MR) is 67.8 cm³/mol. The quantitative estimate of drug-likeness (QED) is 0.836. The number of likely N-dealkylation sites (tertiary alicyclic amines) is 1. The summed E-state index contributed by atoms with van der Waals surface area (Å²) in [5.41, 5.74) is 1.04. The van der Waals surface area contributed by atoms with Crippen molar-refractivity contribution in [3.05, 3.63) is 34.1 Å². The molecule has 0 aliphatic carbocycles. The molecule has 1 atom stereocenters. The fourth-order valence-corrected chi connectivity index (χ4v) is 2.63. The SMILES string of the molecule is N#CC1CCCCN1Cc1ccc(F)c(Br)c1. The van der Waals surface area contributed by atoms with Crippen molar-refractivity contribution in [3.8, 4) is 6.07 Å². The first kappa shape index (κ1) is 12.5. The summed E-state index contributed by atoms with van der Waals surface area (Å²) in [6.45, 7) is 1.67. The Balaban J connectivity index is 2.09. The number of hydrogen-bond donors (Lipinski definition) is 0. The molecule has 90 valence electrons. The Morgan fingerprint density at radius 2 is 2.29 bits per heavy atom. The van der Waals surface area contributed by atoms with Crippen LogP contribution < -0.4 is 0 Å². The van der Waals surface area contributed by atoms with E-state index in [1.807, 2.05) is 0 Å². The Kier molecular flexibility index (Phi) is 4.14. The highest BCUT2D eigenvalue weighted by atomic mass is 79.9. The number of hydrogen-bond acceptors (Lipinski definition) is 2. The van der Waals surface area contributed by atoms with Crippen molar-refractivity contribution < 1.29 is 4.39 Å². The normalized spacial score (nSPS) is 21.1. The molecule has 1 aliphatic rings. The van der Waals surface area contributed by atoms with Gasteiger partial charge in [-0.1, -0.05) is 6.07 Å². The van der Waals surface area contributed by atoms with Crippen LogP contribution in [0.4, 0.5) is 4.39 Å². The van der Waals surface area contributed by atoms with Crippen molar-refractivity contribution in [1.29, 1.82) is 5.26 Å². The topological polar surface area (TPSA) is 27.0 Å². The zero-order valence-electron chi connectivity index (χ0n) is 9.50. The molecule has 2 rings (SSSR count). The molecular formula is C13H14BrFN2. The van der Waals surface area contributed by atoms with Crippen molar-refractivity contribution in [3.63, 3.8) is 0 Å². The summed E-state index contributed by atoms with van der Waals surface area (Å²) in [7, 11) is 0. The van der Waals surface area contributed by atoms with E-state index >= 15 is 0 Å². The zero-order valence-corrected chi connectivity index (χ0v) is 11.1. The Morgan fingerprint density at radius 3 is 3.00 bits per heavy atom. The molecule has 1 heterocycles. The lowest BCUT2D eigenvalue weighted by Gasteiger charge is -2.31. The van der Waals surface area contributed by atoms with E-state index in [2.05, 4.69) is 26.9 Å². The lowest BCUT2D eigenvalue weighted by Crippen LogP contribution is -2.37. The number of rotatable bonds is 2. The zero-order chi connectivity index (χ0) is 12.3. The van der Waals surface area contributed by atoms with Crippen LogP contribution in [0.15, 0.2) is 22.7 Å². The minimum absolute atomic E-state index is 0.00702.